The first-order chi connectivity index (χ1) is 10.1. The van der Waals surface area contributed by atoms with Crippen molar-refractivity contribution in [2.75, 3.05) is 7.11 Å². The Bertz CT molecular complexity index is 799. The van der Waals surface area contributed by atoms with E-state index in [0.717, 1.165) is 17.0 Å². The van der Waals surface area contributed by atoms with Gasteiger partial charge in [0.2, 0.25) is 5.88 Å². The molecule has 3 aromatic rings. The lowest BCUT2D eigenvalue weighted by Gasteiger charge is -2.10. The molecule has 3 rings (SSSR count). The summed E-state index contributed by atoms with van der Waals surface area (Å²) in [7, 11) is 1.58. The lowest BCUT2D eigenvalue weighted by atomic mass is 10.3. The summed E-state index contributed by atoms with van der Waals surface area (Å²) in [5, 5.41) is 0.384. The summed E-state index contributed by atoms with van der Waals surface area (Å²) in [6.45, 7) is 1.88. The molecule has 0 bridgehead atoms. The van der Waals surface area contributed by atoms with Gasteiger partial charge in [-0.1, -0.05) is 17.7 Å². The molecule has 108 valence electrons. The summed E-state index contributed by atoms with van der Waals surface area (Å²) in [4.78, 5) is 9.04. The number of methoxy groups -OCH3 is 1. The van der Waals surface area contributed by atoms with Crippen LogP contribution in [0.3, 0.4) is 0 Å². The molecule has 0 aliphatic heterocycles. The summed E-state index contributed by atoms with van der Waals surface area (Å²) in [6.07, 6.45) is 0. The molecule has 1 atom stereocenters. The Balaban J connectivity index is 2.34. The highest BCUT2D eigenvalue weighted by Gasteiger charge is 2.18. The smallest absolute Gasteiger partial charge is 0.215 e. The van der Waals surface area contributed by atoms with Crippen LogP contribution >= 0.6 is 23.2 Å². The molecule has 6 heteroatoms. The Kier molecular flexibility index (Phi) is 3.74. The van der Waals surface area contributed by atoms with Gasteiger partial charge in [0.25, 0.3) is 0 Å². The van der Waals surface area contributed by atoms with Crippen molar-refractivity contribution in [2.24, 2.45) is 0 Å². The van der Waals surface area contributed by atoms with Gasteiger partial charge in [0.1, 0.15) is 11.3 Å². The molecular formula is C15H13Cl2N3O. The van der Waals surface area contributed by atoms with Crippen molar-refractivity contribution in [3.63, 3.8) is 0 Å². The first kappa shape index (κ1) is 14.2. The summed E-state index contributed by atoms with van der Waals surface area (Å²) < 4.78 is 7.10. The number of imidazole rings is 1. The Morgan fingerprint density at radius 1 is 1.19 bits per heavy atom. The lowest BCUT2D eigenvalue weighted by molar-refractivity contribution is 0.399. The largest absolute Gasteiger partial charge is 0.481 e. The highest BCUT2D eigenvalue weighted by molar-refractivity contribution is 6.30. The molecule has 1 unspecified atom stereocenters. The topological polar surface area (TPSA) is 39.9 Å². The Morgan fingerprint density at radius 2 is 2.00 bits per heavy atom. The van der Waals surface area contributed by atoms with E-state index in [0.29, 0.717) is 16.5 Å². The number of hydrogen-bond donors (Lipinski definition) is 0. The van der Waals surface area contributed by atoms with Gasteiger partial charge in [-0.15, -0.1) is 11.6 Å². The normalized spacial score (nSPS) is 12.6. The standard InChI is InChI=1S/C15H13Cl2N3O/c1-9(16)14-18-12-6-7-13(21-2)19-15(12)20(14)11-5-3-4-10(17)8-11/h3-9H,1-2H3. The minimum absolute atomic E-state index is 0.260. The number of pyridine rings is 1. The predicted octanol–water partition coefficient (Wildman–Crippen LogP) is 4.38. The van der Waals surface area contributed by atoms with E-state index < -0.39 is 0 Å². The Morgan fingerprint density at radius 3 is 2.67 bits per heavy atom. The van der Waals surface area contributed by atoms with Gasteiger partial charge >= 0.3 is 0 Å². The highest BCUT2D eigenvalue weighted by atomic mass is 35.5. The zero-order valence-electron chi connectivity index (χ0n) is 11.5. The fraction of sp³-hybridized carbons (Fsp3) is 0.200. The molecule has 0 amide bonds. The van der Waals surface area contributed by atoms with Crippen LogP contribution in [0, 0.1) is 0 Å². The lowest BCUT2D eigenvalue weighted by Crippen LogP contribution is -2.03. The Labute approximate surface area is 132 Å². The number of nitrogens with zero attached hydrogens (tertiary/aromatic N) is 3. The van der Waals surface area contributed by atoms with E-state index in [-0.39, 0.29) is 5.38 Å². The average molecular weight is 322 g/mol. The average Bonchev–Trinajstić information content (AvgIpc) is 2.85. The van der Waals surface area contributed by atoms with Crippen molar-refractivity contribution >= 4 is 34.4 Å². The van der Waals surface area contributed by atoms with Gasteiger partial charge < -0.3 is 4.74 Å². The highest BCUT2D eigenvalue weighted by Crippen LogP contribution is 2.29. The maximum absolute atomic E-state index is 6.27. The zero-order chi connectivity index (χ0) is 15.0. The van der Waals surface area contributed by atoms with Crippen molar-refractivity contribution in [1.82, 2.24) is 14.5 Å². The van der Waals surface area contributed by atoms with Gasteiger partial charge in [0, 0.05) is 11.1 Å². The molecule has 2 heterocycles. The molecule has 21 heavy (non-hydrogen) atoms. The number of ether oxygens (including phenoxy) is 1. The minimum Gasteiger partial charge on any atom is -0.481 e. The fourth-order valence-corrected chi connectivity index (χ4v) is 2.54. The van der Waals surface area contributed by atoms with Crippen LogP contribution in [0.4, 0.5) is 0 Å². The molecule has 0 aliphatic carbocycles. The third kappa shape index (κ3) is 2.57. The van der Waals surface area contributed by atoms with Gasteiger partial charge in [-0.2, -0.15) is 4.98 Å². The number of fused-ring (bicyclic) bond motifs is 1. The van der Waals surface area contributed by atoms with E-state index in [1.165, 1.54) is 0 Å². The monoisotopic (exact) mass is 321 g/mol. The molecule has 2 aromatic heterocycles. The molecule has 0 aliphatic rings. The van der Waals surface area contributed by atoms with Gasteiger partial charge in [0.05, 0.1) is 18.2 Å². The fourth-order valence-electron chi connectivity index (χ4n) is 2.21. The molecule has 0 radical (unpaired) electrons. The summed E-state index contributed by atoms with van der Waals surface area (Å²) in [6, 6.07) is 11.1. The molecular weight excluding hydrogens is 309 g/mol. The van der Waals surface area contributed by atoms with E-state index in [9.17, 15) is 0 Å². The van der Waals surface area contributed by atoms with Crippen LogP contribution in [0.5, 0.6) is 5.88 Å². The van der Waals surface area contributed by atoms with Crippen molar-refractivity contribution < 1.29 is 4.74 Å². The summed E-state index contributed by atoms with van der Waals surface area (Å²) >= 11 is 12.4. The number of aromatic nitrogens is 3. The van der Waals surface area contributed by atoms with Gasteiger partial charge in [-0.05, 0) is 31.2 Å². The SMILES string of the molecule is COc1ccc2nc(C(C)Cl)n(-c3cccc(Cl)c3)c2n1. The number of halogens is 2. The van der Waals surface area contributed by atoms with Crippen molar-refractivity contribution in [3.8, 4) is 11.6 Å². The molecule has 1 aromatic carbocycles. The van der Waals surface area contributed by atoms with Crippen LogP contribution in [0.25, 0.3) is 16.9 Å². The third-order valence-corrected chi connectivity index (χ3v) is 3.57. The molecule has 0 saturated carbocycles. The van der Waals surface area contributed by atoms with Crippen molar-refractivity contribution in [2.45, 2.75) is 12.3 Å². The second kappa shape index (κ2) is 5.54. The van der Waals surface area contributed by atoms with Gasteiger partial charge in [-0.25, -0.2) is 4.98 Å². The van der Waals surface area contributed by atoms with Crippen LogP contribution in [0.15, 0.2) is 36.4 Å². The van der Waals surface area contributed by atoms with Crippen LogP contribution in [0.2, 0.25) is 5.02 Å². The quantitative estimate of drug-likeness (QED) is 0.672. The Hall–Kier alpha value is -1.78. The predicted molar refractivity (Wildman–Crippen MR) is 84.7 cm³/mol. The van der Waals surface area contributed by atoms with E-state index in [2.05, 4.69) is 9.97 Å². The number of alkyl halides is 1. The van der Waals surface area contributed by atoms with E-state index >= 15 is 0 Å². The zero-order valence-corrected chi connectivity index (χ0v) is 13.1. The molecule has 0 N–H and O–H groups in total. The van der Waals surface area contributed by atoms with Crippen molar-refractivity contribution in [3.05, 3.63) is 47.2 Å². The van der Waals surface area contributed by atoms with E-state index in [1.807, 2.05) is 41.8 Å². The summed E-state index contributed by atoms with van der Waals surface area (Å²) in [5.41, 5.74) is 2.32. The molecule has 0 spiro atoms. The minimum atomic E-state index is -0.260. The van der Waals surface area contributed by atoms with E-state index in [1.54, 1.807) is 13.2 Å². The van der Waals surface area contributed by atoms with Crippen LogP contribution in [0.1, 0.15) is 18.1 Å². The van der Waals surface area contributed by atoms with Crippen LogP contribution < -0.4 is 4.74 Å². The van der Waals surface area contributed by atoms with Crippen molar-refractivity contribution in [1.29, 1.82) is 0 Å². The number of benzene rings is 1. The van der Waals surface area contributed by atoms with E-state index in [4.69, 9.17) is 27.9 Å². The first-order valence-electron chi connectivity index (χ1n) is 6.43. The second-order valence-electron chi connectivity index (χ2n) is 4.60. The maximum atomic E-state index is 6.27. The molecule has 0 saturated heterocycles. The number of rotatable bonds is 3. The first-order valence-corrected chi connectivity index (χ1v) is 7.25. The molecule has 4 nitrogen and oxygen atoms in total. The van der Waals surface area contributed by atoms with Gasteiger partial charge in [-0.3, -0.25) is 4.57 Å². The van der Waals surface area contributed by atoms with Crippen LogP contribution in [-0.4, -0.2) is 21.6 Å². The molecule has 0 fully saturated rings. The van der Waals surface area contributed by atoms with Crippen LogP contribution in [-0.2, 0) is 0 Å². The second-order valence-corrected chi connectivity index (χ2v) is 5.69. The maximum Gasteiger partial charge on any atom is 0.215 e. The summed E-state index contributed by atoms with van der Waals surface area (Å²) in [5.74, 6) is 1.24. The third-order valence-electron chi connectivity index (χ3n) is 3.14. The van der Waals surface area contributed by atoms with Gasteiger partial charge in [0.15, 0.2) is 5.65 Å². The number of hydrogen-bond acceptors (Lipinski definition) is 3.